The van der Waals surface area contributed by atoms with Gasteiger partial charge in [0, 0.05) is 30.6 Å². The number of carbonyl (C=O) groups excluding carboxylic acids is 1. The fraction of sp³-hybridized carbons (Fsp3) is 0.545. The molecule has 2 unspecified atom stereocenters. The zero-order chi connectivity index (χ0) is 18.1. The Labute approximate surface area is 156 Å². The monoisotopic (exact) mass is 351 g/mol. The third-order valence-electron chi connectivity index (χ3n) is 6.32. The van der Waals surface area contributed by atoms with Crippen molar-refractivity contribution in [3.63, 3.8) is 0 Å². The van der Waals surface area contributed by atoms with Crippen molar-refractivity contribution >= 4 is 5.91 Å². The van der Waals surface area contributed by atoms with Crippen molar-refractivity contribution in [2.24, 2.45) is 11.8 Å². The van der Waals surface area contributed by atoms with E-state index < -0.39 is 0 Å². The van der Waals surface area contributed by atoms with Crippen molar-refractivity contribution in [3.8, 4) is 0 Å². The average molecular weight is 351 g/mol. The van der Waals surface area contributed by atoms with Crippen molar-refractivity contribution in [2.45, 2.75) is 64.5 Å². The summed E-state index contributed by atoms with van der Waals surface area (Å²) in [6, 6.07) is 13.2. The largest absolute Gasteiger partial charge is 0.352 e. The first-order chi connectivity index (χ1) is 12.6. The minimum atomic E-state index is 0.197. The van der Waals surface area contributed by atoms with Crippen LogP contribution >= 0.6 is 0 Å². The summed E-state index contributed by atoms with van der Waals surface area (Å²) in [5, 5.41) is 7.85. The normalized spacial score (nSPS) is 27.0. The van der Waals surface area contributed by atoms with Crippen LogP contribution in [-0.4, -0.2) is 21.7 Å². The third-order valence-corrected chi connectivity index (χ3v) is 6.32. The van der Waals surface area contributed by atoms with Gasteiger partial charge >= 0.3 is 0 Å². The number of nitrogens with zero attached hydrogens (tertiary/aromatic N) is 2. The van der Waals surface area contributed by atoms with Crippen molar-refractivity contribution in [3.05, 3.63) is 53.3 Å². The Kier molecular flexibility index (Phi) is 4.84. The Morgan fingerprint density at radius 3 is 2.69 bits per heavy atom. The van der Waals surface area contributed by atoms with Crippen LogP contribution in [0.5, 0.6) is 0 Å². The van der Waals surface area contributed by atoms with E-state index in [9.17, 15) is 4.79 Å². The lowest BCUT2D eigenvalue weighted by molar-refractivity contribution is -0.124. The summed E-state index contributed by atoms with van der Waals surface area (Å²) in [7, 11) is 0. The van der Waals surface area contributed by atoms with E-state index in [0.717, 1.165) is 24.6 Å². The molecule has 0 radical (unpaired) electrons. The maximum atomic E-state index is 12.6. The molecule has 2 aromatic rings. The number of amides is 1. The number of aromatic nitrogens is 2. The lowest BCUT2D eigenvalue weighted by Gasteiger charge is -2.49. The van der Waals surface area contributed by atoms with Crippen LogP contribution in [0.2, 0.25) is 0 Å². The van der Waals surface area contributed by atoms with Crippen LogP contribution in [0.15, 0.2) is 36.4 Å². The molecular formula is C22H29N3O. The van der Waals surface area contributed by atoms with Gasteiger partial charge in [-0.3, -0.25) is 9.48 Å². The minimum absolute atomic E-state index is 0.197. The van der Waals surface area contributed by atoms with Gasteiger partial charge in [0.15, 0.2) is 0 Å². The quantitative estimate of drug-likeness (QED) is 0.856. The summed E-state index contributed by atoms with van der Waals surface area (Å²) in [6.45, 7) is 4.89. The van der Waals surface area contributed by atoms with Gasteiger partial charge in [0.2, 0.25) is 5.91 Å². The first-order valence-electron chi connectivity index (χ1n) is 9.99. The van der Waals surface area contributed by atoms with Crippen LogP contribution in [-0.2, 0) is 11.3 Å². The zero-order valence-electron chi connectivity index (χ0n) is 15.8. The van der Waals surface area contributed by atoms with Crippen LogP contribution in [0.1, 0.15) is 55.0 Å². The van der Waals surface area contributed by atoms with Gasteiger partial charge in [-0.1, -0.05) is 36.8 Å². The molecule has 1 N–H and O–H groups in total. The average Bonchev–Trinajstić information content (AvgIpc) is 3.17. The van der Waals surface area contributed by atoms with Crippen LogP contribution in [0.4, 0.5) is 0 Å². The molecule has 2 saturated carbocycles. The van der Waals surface area contributed by atoms with Crippen molar-refractivity contribution in [2.75, 3.05) is 0 Å². The number of fused-ring (bicyclic) bond motifs is 1. The van der Waals surface area contributed by atoms with Gasteiger partial charge < -0.3 is 5.32 Å². The Morgan fingerprint density at radius 1 is 1.19 bits per heavy atom. The van der Waals surface area contributed by atoms with Gasteiger partial charge in [0.05, 0.1) is 5.69 Å². The molecular weight excluding hydrogens is 322 g/mol. The SMILES string of the molecule is Cc1cc(C)n(CCCC(=O)N[C@@H]2C3CCCC3[C@H]2c2ccccc2)n1. The molecule has 1 heterocycles. The number of rotatable bonds is 6. The summed E-state index contributed by atoms with van der Waals surface area (Å²) in [5.74, 6) is 2.14. The molecule has 4 heteroatoms. The second kappa shape index (κ2) is 7.26. The fourth-order valence-electron chi connectivity index (χ4n) is 5.17. The van der Waals surface area contributed by atoms with E-state index >= 15 is 0 Å². The summed E-state index contributed by atoms with van der Waals surface area (Å²) in [6.07, 6.45) is 5.31. The van der Waals surface area contributed by atoms with E-state index in [4.69, 9.17) is 0 Å². The molecule has 2 aliphatic carbocycles. The predicted octanol–water partition coefficient (Wildman–Crippen LogP) is 3.98. The molecule has 1 aromatic carbocycles. The second-order valence-electron chi connectivity index (χ2n) is 8.04. The molecule has 1 aromatic heterocycles. The minimum Gasteiger partial charge on any atom is -0.352 e. The lowest BCUT2D eigenvalue weighted by Crippen LogP contribution is -2.56. The van der Waals surface area contributed by atoms with Crippen LogP contribution in [0.3, 0.4) is 0 Å². The molecule has 4 nitrogen and oxygen atoms in total. The fourth-order valence-corrected chi connectivity index (χ4v) is 5.17. The van der Waals surface area contributed by atoms with E-state index in [1.165, 1.54) is 30.5 Å². The molecule has 138 valence electrons. The van der Waals surface area contributed by atoms with Gasteiger partial charge in [-0.05, 0) is 56.6 Å². The highest BCUT2D eigenvalue weighted by Gasteiger charge is 2.53. The number of carbonyl (C=O) groups is 1. The van der Waals surface area contributed by atoms with Crippen molar-refractivity contribution < 1.29 is 4.79 Å². The van der Waals surface area contributed by atoms with Crippen LogP contribution in [0.25, 0.3) is 0 Å². The first kappa shape index (κ1) is 17.3. The molecule has 26 heavy (non-hydrogen) atoms. The Hall–Kier alpha value is -2.10. The molecule has 1 amide bonds. The Morgan fingerprint density at radius 2 is 1.96 bits per heavy atom. The highest BCUT2D eigenvalue weighted by molar-refractivity contribution is 5.76. The first-order valence-corrected chi connectivity index (χ1v) is 9.99. The number of hydrogen-bond donors (Lipinski definition) is 1. The second-order valence-corrected chi connectivity index (χ2v) is 8.04. The molecule has 4 atom stereocenters. The summed E-state index contributed by atoms with van der Waals surface area (Å²) < 4.78 is 2.01. The molecule has 4 rings (SSSR count). The molecule has 0 saturated heterocycles. The van der Waals surface area contributed by atoms with Gasteiger partial charge in [0.1, 0.15) is 0 Å². The van der Waals surface area contributed by atoms with Crippen LogP contribution < -0.4 is 5.32 Å². The number of benzene rings is 1. The summed E-state index contributed by atoms with van der Waals surface area (Å²) in [5.41, 5.74) is 3.60. The van der Waals surface area contributed by atoms with E-state index in [1.54, 1.807) is 0 Å². The van der Waals surface area contributed by atoms with Gasteiger partial charge in [-0.25, -0.2) is 0 Å². The van der Waals surface area contributed by atoms with Gasteiger partial charge in [-0.2, -0.15) is 5.10 Å². The number of hydrogen-bond acceptors (Lipinski definition) is 2. The van der Waals surface area contributed by atoms with Gasteiger partial charge in [0.25, 0.3) is 0 Å². The summed E-state index contributed by atoms with van der Waals surface area (Å²) >= 11 is 0. The van der Waals surface area contributed by atoms with Crippen molar-refractivity contribution in [1.82, 2.24) is 15.1 Å². The maximum absolute atomic E-state index is 12.6. The lowest BCUT2D eigenvalue weighted by atomic mass is 9.60. The number of nitrogens with one attached hydrogen (secondary N) is 1. The number of aryl methyl sites for hydroxylation is 3. The highest BCUT2D eigenvalue weighted by atomic mass is 16.1. The van der Waals surface area contributed by atoms with Crippen LogP contribution in [0, 0.1) is 25.7 Å². The molecule has 0 spiro atoms. The van der Waals surface area contributed by atoms with Crippen molar-refractivity contribution in [1.29, 1.82) is 0 Å². The highest BCUT2D eigenvalue weighted by Crippen LogP contribution is 2.55. The van der Waals surface area contributed by atoms with Gasteiger partial charge in [-0.15, -0.1) is 0 Å². The van der Waals surface area contributed by atoms with E-state index in [2.05, 4.69) is 53.7 Å². The van der Waals surface area contributed by atoms with E-state index in [-0.39, 0.29) is 5.91 Å². The Balaban J connectivity index is 1.33. The zero-order valence-corrected chi connectivity index (χ0v) is 15.8. The van der Waals surface area contributed by atoms with E-state index in [1.807, 2.05) is 11.6 Å². The third kappa shape index (κ3) is 3.29. The maximum Gasteiger partial charge on any atom is 0.220 e. The smallest absolute Gasteiger partial charge is 0.220 e. The topological polar surface area (TPSA) is 46.9 Å². The Bertz CT molecular complexity index is 767. The molecule has 0 aliphatic heterocycles. The molecule has 0 bridgehead atoms. The predicted molar refractivity (Wildman–Crippen MR) is 103 cm³/mol. The molecule has 2 aliphatic rings. The summed E-state index contributed by atoms with van der Waals surface area (Å²) in [4.78, 5) is 12.6. The van der Waals surface area contributed by atoms with E-state index in [0.29, 0.717) is 24.3 Å². The molecule has 2 fully saturated rings. The standard InChI is InChI=1S/C22H29N3O/c1-15-14-16(2)25(24-15)13-7-12-20(26)23-22-19-11-6-10-18(19)21(22)17-8-4-3-5-9-17/h3-5,8-9,14,18-19,21-22H,6-7,10-13H2,1-2H3,(H,23,26)/t18?,19?,21-,22-/m1/s1.